The molecule has 1 aromatic rings. The second-order valence-corrected chi connectivity index (χ2v) is 6.93. The van der Waals surface area contributed by atoms with E-state index in [1.807, 2.05) is 12.4 Å². The number of hydrogen-bond donors (Lipinski definition) is 0. The first-order valence-corrected chi connectivity index (χ1v) is 7.88. The lowest BCUT2D eigenvalue weighted by molar-refractivity contribution is 0.286. The molecule has 0 saturated carbocycles. The Balaban J connectivity index is 1.92. The lowest BCUT2D eigenvalue weighted by Gasteiger charge is -2.27. The summed E-state index contributed by atoms with van der Waals surface area (Å²) < 4.78 is 0. The molecule has 0 atom stereocenters. The standard InChI is InChI=1S/C13H21N3S/c1-11(2)12-8-14-13(15-9-12)10-16-4-6-17(3)7-5-16/h8-9,11H,3-7,10H2,1-2H3. The first kappa shape index (κ1) is 12.7. The Kier molecular flexibility index (Phi) is 4.29. The Hall–Kier alpha value is -0.740. The van der Waals surface area contributed by atoms with E-state index in [0.717, 1.165) is 25.5 Å². The van der Waals surface area contributed by atoms with Gasteiger partial charge in [0.15, 0.2) is 0 Å². The van der Waals surface area contributed by atoms with Gasteiger partial charge in [0.05, 0.1) is 6.54 Å². The van der Waals surface area contributed by atoms with Crippen molar-refractivity contribution in [1.29, 1.82) is 0 Å². The van der Waals surface area contributed by atoms with Crippen molar-refractivity contribution in [2.75, 3.05) is 24.6 Å². The van der Waals surface area contributed by atoms with Crippen molar-refractivity contribution in [2.45, 2.75) is 26.3 Å². The van der Waals surface area contributed by atoms with Gasteiger partial charge in [-0.15, -0.1) is 0 Å². The summed E-state index contributed by atoms with van der Waals surface area (Å²) in [6.45, 7) is 7.50. The van der Waals surface area contributed by atoms with Gasteiger partial charge in [-0.3, -0.25) is 4.90 Å². The molecule has 0 aliphatic carbocycles. The average Bonchev–Trinajstić information content (AvgIpc) is 2.33. The normalized spacial score (nSPS) is 18.8. The highest BCUT2D eigenvalue weighted by Crippen LogP contribution is 2.17. The molecular weight excluding hydrogens is 230 g/mol. The third kappa shape index (κ3) is 3.61. The molecule has 94 valence electrons. The van der Waals surface area contributed by atoms with Crippen LogP contribution in [-0.2, 0) is 6.54 Å². The lowest BCUT2D eigenvalue weighted by atomic mass is 10.1. The number of rotatable bonds is 3. The number of aromatic nitrogens is 2. The molecular formula is C13H21N3S. The first-order valence-electron chi connectivity index (χ1n) is 6.15. The second kappa shape index (κ2) is 5.74. The van der Waals surface area contributed by atoms with Gasteiger partial charge in [0.2, 0.25) is 0 Å². The maximum Gasteiger partial charge on any atom is 0.142 e. The maximum absolute atomic E-state index is 4.45. The van der Waals surface area contributed by atoms with Crippen LogP contribution in [0.25, 0.3) is 0 Å². The zero-order valence-corrected chi connectivity index (χ0v) is 11.5. The summed E-state index contributed by atoms with van der Waals surface area (Å²) >= 11 is 0. The molecule has 2 heterocycles. The molecule has 0 bridgehead atoms. The van der Waals surface area contributed by atoms with Gasteiger partial charge >= 0.3 is 0 Å². The molecule has 0 N–H and O–H groups in total. The van der Waals surface area contributed by atoms with Gasteiger partial charge in [0.25, 0.3) is 0 Å². The molecule has 2 rings (SSSR count). The molecule has 17 heavy (non-hydrogen) atoms. The molecule has 1 aliphatic heterocycles. The van der Waals surface area contributed by atoms with Crippen molar-refractivity contribution in [3.8, 4) is 0 Å². The Morgan fingerprint density at radius 1 is 1.29 bits per heavy atom. The quantitative estimate of drug-likeness (QED) is 0.771. The van der Waals surface area contributed by atoms with Gasteiger partial charge in [-0.05, 0) is 11.5 Å². The summed E-state index contributed by atoms with van der Waals surface area (Å²) in [7, 11) is 0.389. The predicted octanol–water partition coefficient (Wildman–Crippen LogP) is 2.12. The highest BCUT2D eigenvalue weighted by molar-refractivity contribution is 8.14. The van der Waals surface area contributed by atoms with Crippen LogP contribution in [-0.4, -0.2) is 45.3 Å². The fourth-order valence-electron chi connectivity index (χ4n) is 1.83. The summed E-state index contributed by atoms with van der Waals surface area (Å²) in [5.41, 5.74) is 1.21. The van der Waals surface area contributed by atoms with Gasteiger partial charge in [-0.25, -0.2) is 9.97 Å². The van der Waals surface area contributed by atoms with Crippen LogP contribution in [0.1, 0.15) is 31.2 Å². The maximum atomic E-state index is 4.45. The molecule has 0 radical (unpaired) electrons. The van der Waals surface area contributed by atoms with Crippen LogP contribution in [0.3, 0.4) is 0 Å². The average molecular weight is 251 g/mol. The minimum atomic E-state index is 0.389. The molecule has 1 saturated heterocycles. The van der Waals surface area contributed by atoms with E-state index in [1.165, 1.54) is 17.1 Å². The van der Waals surface area contributed by atoms with E-state index in [2.05, 4.69) is 34.6 Å². The largest absolute Gasteiger partial charge is 0.294 e. The van der Waals surface area contributed by atoms with Crippen LogP contribution in [0.5, 0.6) is 0 Å². The van der Waals surface area contributed by atoms with Crippen LogP contribution in [0.2, 0.25) is 0 Å². The summed E-state index contributed by atoms with van der Waals surface area (Å²) in [5, 5.41) is 0. The van der Waals surface area contributed by atoms with E-state index in [-0.39, 0.29) is 0 Å². The van der Waals surface area contributed by atoms with Gasteiger partial charge < -0.3 is 0 Å². The van der Waals surface area contributed by atoms with Crippen molar-refractivity contribution in [1.82, 2.24) is 14.9 Å². The molecule has 1 aliphatic rings. The highest BCUT2D eigenvalue weighted by Gasteiger charge is 2.13. The molecule has 4 heteroatoms. The number of hydrogen-bond acceptors (Lipinski definition) is 3. The van der Waals surface area contributed by atoms with Crippen molar-refractivity contribution in [2.24, 2.45) is 0 Å². The Morgan fingerprint density at radius 2 is 1.88 bits per heavy atom. The lowest BCUT2D eigenvalue weighted by Crippen LogP contribution is -2.33. The molecule has 3 nitrogen and oxygen atoms in total. The third-order valence-electron chi connectivity index (χ3n) is 3.15. The van der Waals surface area contributed by atoms with Crippen molar-refractivity contribution < 1.29 is 0 Å². The van der Waals surface area contributed by atoms with Crippen molar-refractivity contribution >= 4 is 16.4 Å². The molecule has 0 aromatic carbocycles. The van der Waals surface area contributed by atoms with Gasteiger partial charge in [0.1, 0.15) is 5.82 Å². The van der Waals surface area contributed by atoms with Gasteiger partial charge in [0, 0.05) is 37.0 Å². The zero-order valence-electron chi connectivity index (χ0n) is 10.7. The fourth-order valence-corrected chi connectivity index (χ4v) is 3.07. The number of nitrogens with zero attached hydrogens (tertiary/aromatic N) is 3. The first-order chi connectivity index (χ1) is 8.15. The van der Waals surface area contributed by atoms with E-state index in [9.17, 15) is 0 Å². The molecule has 1 fully saturated rings. The van der Waals surface area contributed by atoms with E-state index in [4.69, 9.17) is 0 Å². The predicted molar refractivity (Wildman–Crippen MR) is 75.8 cm³/mol. The Labute approximate surface area is 106 Å². The SMILES string of the molecule is C=S1CCN(Cc2ncc(C(C)C)cn2)CC1. The Morgan fingerprint density at radius 3 is 2.41 bits per heavy atom. The minimum absolute atomic E-state index is 0.389. The zero-order chi connectivity index (χ0) is 12.3. The Bertz CT molecular complexity index is 376. The summed E-state index contributed by atoms with van der Waals surface area (Å²) in [6.07, 6.45) is 3.92. The highest BCUT2D eigenvalue weighted by atomic mass is 32.2. The summed E-state index contributed by atoms with van der Waals surface area (Å²) in [5.74, 6) is 8.04. The molecule has 0 spiro atoms. The monoisotopic (exact) mass is 251 g/mol. The molecule has 0 amide bonds. The van der Waals surface area contributed by atoms with E-state index < -0.39 is 0 Å². The van der Waals surface area contributed by atoms with Crippen molar-refractivity contribution in [3.63, 3.8) is 0 Å². The third-order valence-corrected chi connectivity index (χ3v) is 4.67. The molecule has 1 aromatic heterocycles. The van der Waals surface area contributed by atoms with Gasteiger partial charge in [-0.1, -0.05) is 19.7 Å². The van der Waals surface area contributed by atoms with Gasteiger partial charge in [-0.2, -0.15) is 10.5 Å². The summed E-state index contributed by atoms with van der Waals surface area (Å²) in [4.78, 5) is 11.3. The molecule has 0 unspecified atom stereocenters. The van der Waals surface area contributed by atoms with E-state index in [0.29, 0.717) is 16.4 Å². The van der Waals surface area contributed by atoms with Crippen LogP contribution in [0.4, 0.5) is 0 Å². The van der Waals surface area contributed by atoms with Crippen LogP contribution < -0.4 is 0 Å². The minimum Gasteiger partial charge on any atom is -0.294 e. The van der Waals surface area contributed by atoms with Crippen LogP contribution in [0, 0.1) is 0 Å². The second-order valence-electron chi connectivity index (χ2n) is 4.88. The van der Waals surface area contributed by atoms with E-state index in [1.54, 1.807) is 0 Å². The van der Waals surface area contributed by atoms with E-state index >= 15 is 0 Å². The smallest absolute Gasteiger partial charge is 0.142 e. The topological polar surface area (TPSA) is 29.0 Å². The van der Waals surface area contributed by atoms with Crippen LogP contribution in [0.15, 0.2) is 12.4 Å². The summed E-state index contributed by atoms with van der Waals surface area (Å²) in [6, 6.07) is 0. The fraction of sp³-hybridized carbons (Fsp3) is 0.615. The van der Waals surface area contributed by atoms with Crippen molar-refractivity contribution in [3.05, 3.63) is 23.8 Å². The van der Waals surface area contributed by atoms with Crippen LogP contribution >= 0.6 is 10.5 Å².